The molecule has 2 heterocycles. The molecule has 2 aliphatic heterocycles. The molecular weight excluding hydrogens is 276 g/mol. The number of methoxy groups -OCH3 is 1. The Morgan fingerprint density at radius 2 is 1.90 bits per heavy atom. The largest absolute Gasteiger partial charge is 0.497 e. The molecule has 1 saturated heterocycles. The zero-order valence-corrected chi connectivity index (χ0v) is 13.2. The van der Waals surface area contributed by atoms with Crippen LogP contribution >= 0.6 is 11.8 Å². The van der Waals surface area contributed by atoms with Crippen molar-refractivity contribution in [3.63, 3.8) is 0 Å². The SMILES string of the molecule is COc1ccc2cc(C3=CC4CCCC(C3)S4)ccc2c1. The number of hydrogen-bond acceptors (Lipinski definition) is 2. The van der Waals surface area contributed by atoms with Gasteiger partial charge in [-0.15, -0.1) is 0 Å². The molecule has 2 heteroatoms. The molecule has 2 aromatic carbocycles. The predicted molar refractivity (Wildman–Crippen MR) is 92.1 cm³/mol. The van der Waals surface area contributed by atoms with Crippen molar-refractivity contribution < 1.29 is 4.74 Å². The van der Waals surface area contributed by atoms with E-state index in [1.54, 1.807) is 12.7 Å². The van der Waals surface area contributed by atoms with Crippen LogP contribution < -0.4 is 4.74 Å². The van der Waals surface area contributed by atoms with Crippen molar-refractivity contribution in [2.24, 2.45) is 0 Å². The fraction of sp³-hybridized carbons (Fsp3) is 0.368. The minimum atomic E-state index is 0.749. The predicted octanol–water partition coefficient (Wildman–Crippen LogP) is 5.29. The molecule has 2 aromatic rings. The summed E-state index contributed by atoms with van der Waals surface area (Å²) in [6, 6.07) is 13.2. The van der Waals surface area contributed by atoms with Gasteiger partial charge >= 0.3 is 0 Å². The second kappa shape index (κ2) is 5.42. The van der Waals surface area contributed by atoms with Crippen molar-refractivity contribution in [3.05, 3.63) is 48.0 Å². The van der Waals surface area contributed by atoms with Crippen molar-refractivity contribution in [1.29, 1.82) is 0 Å². The van der Waals surface area contributed by atoms with E-state index in [1.165, 1.54) is 42.0 Å². The van der Waals surface area contributed by atoms with E-state index < -0.39 is 0 Å². The Balaban J connectivity index is 1.72. The van der Waals surface area contributed by atoms with E-state index in [-0.39, 0.29) is 0 Å². The van der Waals surface area contributed by atoms with Gasteiger partial charge in [0.1, 0.15) is 5.75 Å². The van der Waals surface area contributed by atoms with Gasteiger partial charge in [-0.2, -0.15) is 11.8 Å². The smallest absolute Gasteiger partial charge is 0.119 e. The minimum Gasteiger partial charge on any atom is -0.497 e. The fourth-order valence-corrected chi connectivity index (χ4v) is 5.12. The fourth-order valence-electron chi connectivity index (χ4n) is 3.51. The third-order valence-electron chi connectivity index (χ3n) is 4.63. The summed E-state index contributed by atoms with van der Waals surface area (Å²) in [7, 11) is 1.72. The molecule has 0 amide bonds. The van der Waals surface area contributed by atoms with Gasteiger partial charge < -0.3 is 4.74 Å². The molecule has 21 heavy (non-hydrogen) atoms. The molecule has 0 spiro atoms. The van der Waals surface area contributed by atoms with Gasteiger partial charge in [-0.3, -0.25) is 0 Å². The lowest BCUT2D eigenvalue weighted by Crippen LogP contribution is -2.21. The molecule has 0 radical (unpaired) electrons. The Morgan fingerprint density at radius 1 is 1.05 bits per heavy atom. The average molecular weight is 296 g/mol. The zero-order valence-electron chi connectivity index (χ0n) is 12.3. The summed E-state index contributed by atoms with van der Waals surface area (Å²) >= 11 is 2.19. The Kier molecular flexibility index (Phi) is 3.42. The van der Waals surface area contributed by atoms with Crippen molar-refractivity contribution in [1.82, 2.24) is 0 Å². The molecule has 2 aliphatic rings. The van der Waals surface area contributed by atoms with Crippen LogP contribution in [-0.4, -0.2) is 17.6 Å². The van der Waals surface area contributed by atoms with Crippen LogP contribution in [0.4, 0.5) is 0 Å². The van der Waals surface area contributed by atoms with Crippen molar-refractivity contribution in [2.45, 2.75) is 36.2 Å². The Hall–Kier alpha value is -1.41. The lowest BCUT2D eigenvalue weighted by molar-refractivity contribution is 0.415. The monoisotopic (exact) mass is 296 g/mol. The summed E-state index contributed by atoms with van der Waals surface area (Å²) in [6.45, 7) is 0. The molecule has 0 saturated carbocycles. The summed E-state index contributed by atoms with van der Waals surface area (Å²) in [5.74, 6) is 0.929. The van der Waals surface area contributed by atoms with Gasteiger partial charge in [0.2, 0.25) is 0 Å². The van der Waals surface area contributed by atoms with E-state index in [0.717, 1.165) is 16.2 Å². The summed E-state index contributed by atoms with van der Waals surface area (Å²) < 4.78 is 5.30. The molecule has 0 N–H and O–H groups in total. The molecule has 108 valence electrons. The average Bonchev–Trinajstić information content (AvgIpc) is 2.53. The van der Waals surface area contributed by atoms with Gasteiger partial charge in [0.15, 0.2) is 0 Å². The van der Waals surface area contributed by atoms with Crippen LogP contribution in [0.2, 0.25) is 0 Å². The molecule has 4 rings (SSSR count). The maximum Gasteiger partial charge on any atom is 0.119 e. The van der Waals surface area contributed by atoms with Gasteiger partial charge in [0.25, 0.3) is 0 Å². The molecular formula is C19H20OS. The highest BCUT2D eigenvalue weighted by molar-refractivity contribution is 8.00. The third-order valence-corrected chi connectivity index (χ3v) is 6.14. The Labute approximate surface area is 130 Å². The van der Waals surface area contributed by atoms with Crippen LogP contribution in [-0.2, 0) is 0 Å². The van der Waals surface area contributed by atoms with Crippen LogP contribution in [0.25, 0.3) is 16.3 Å². The lowest BCUT2D eigenvalue weighted by Gasteiger charge is -2.33. The Bertz CT molecular complexity index is 704. The summed E-state index contributed by atoms with van der Waals surface area (Å²) in [5.41, 5.74) is 2.96. The standard InChI is InChI=1S/C19H20OS/c1-20-17-8-7-13-9-14(5-6-15(13)10-17)16-11-18-3-2-4-19(12-16)21-18/h5-11,18-19H,2-4,12H2,1H3. The first-order valence-corrected chi connectivity index (χ1v) is 8.70. The lowest BCUT2D eigenvalue weighted by atomic mass is 9.92. The second-order valence-corrected chi connectivity index (χ2v) is 7.60. The van der Waals surface area contributed by atoms with Crippen molar-refractivity contribution >= 4 is 28.1 Å². The third kappa shape index (κ3) is 2.57. The number of allylic oxidation sites excluding steroid dienone is 1. The number of rotatable bonds is 2. The number of hydrogen-bond donors (Lipinski definition) is 0. The van der Waals surface area contributed by atoms with Gasteiger partial charge in [-0.05, 0) is 59.4 Å². The number of ether oxygens (including phenoxy) is 1. The van der Waals surface area contributed by atoms with E-state index in [4.69, 9.17) is 4.74 Å². The number of thioether (sulfide) groups is 1. The molecule has 2 bridgehead atoms. The van der Waals surface area contributed by atoms with Crippen LogP contribution in [0.15, 0.2) is 42.5 Å². The second-order valence-electron chi connectivity index (χ2n) is 6.05. The van der Waals surface area contributed by atoms with E-state index >= 15 is 0 Å². The van der Waals surface area contributed by atoms with E-state index in [1.807, 2.05) is 6.07 Å². The first-order chi connectivity index (χ1) is 10.3. The normalized spacial score (nSPS) is 24.7. The quantitative estimate of drug-likeness (QED) is 0.744. The van der Waals surface area contributed by atoms with Crippen molar-refractivity contribution in [2.75, 3.05) is 7.11 Å². The highest BCUT2D eigenvalue weighted by Gasteiger charge is 2.27. The summed E-state index contributed by atoms with van der Waals surface area (Å²) in [4.78, 5) is 0. The van der Waals surface area contributed by atoms with Gasteiger partial charge in [-0.25, -0.2) is 0 Å². The van der Waals surface area contributed by atoms with Crippen molar-refractivity contribution in [3.8, 4) is 5.75 Å². The molecule has 1 nitrogen and oxygen atoms in total. The van der Waals surface area contributed by atoms with E-state index in [2.05, 4.69) is 48.2 Å². The zero-order chi connectivity index (χ0) is 14.2. The molecule has 0 aromatic heterocycles. The van der Waals surface area contributed by atoms with E-state index in [9.17, 15) is 0 Å². The van der Waals surface area contributed by atoms with Gasteiger partial charge in [-0.1, -0.05) is 30.7 Å². The topological polar surface area (TPSA) is 9.23 Å². The van der Waals surface area contributed by atoms with E-state index in [0.29, 0.717) is 0 Å². The highest BCUT2D eigenvalue weighted by atomic mass is 32.2. The summed E-state index contributed by atoms with van der Waals surface area (Å²) in [6.07, 6.45) is 7.91. The number of benzene rings is 2. The minimum absolute atomic E-state index is 0.749. The van der Waals surface area contributed by atoms with Crippen LogP contribution in [0.1, 0.15) is 31.2 Å². The van der Waals surface area contributed by atoms with Gasteiger partial charge in [0, 0.05) is 10.5 Å². The van der Waals surface area contributed by atoms with Gasteiger partial charge in [0.05, 0.1) is 7.11 Å². The van der Waals surface area contributed by atoms with Crippen LogP contribution in [0.5, 0.6) is 5.75 Å². The molecule has 1 fully saturated rings. The van der Waals surface area contributed by atoms with Crippen LogP contribution in [0, 0.1) is 0 Å². The van der Waals surface area contributed by atoms with Crippen LogP contribution in [0.3, 0.4) is 0 Å². The molecule has 2 unspecified atom stereocenters. The first kappa shape index (κ1) is 13.3. The summed E-state index contributed by atoms with van der Waals surface area (Å²) in [5, 5.41) is 4.15. The molecule has 0 aliphatic carbocycles. The maximum absolute atomic E-state index is 5.30. The first-order valence-electron chi connectivity index (χ1n) is 7.76. The number of fused-ring (bicyclic) bond motifs is 3. The maximum atomic E-state index is 5.30. The highest BCUT2D eigenvalue weighted by Crippen LogP contribution is 2.43. The molecule has 2 atom stereocenters. The Morgan fingerprint density at radius 3 is 2.76 bits per heavy atom.